The molecule has 0 spiro atoms. The monoisotopic (exact) mass is 297 g/mol. The number of carbonyl (C=O) groups is 1. The van der Waals surface area contributed by atoms with Gasteiger partial charge in [0.05, 0.1) is 17.1 Å². The first-order valence-corrected chi connectivity index (χ1v) is 7.42. The maximum absolute atomic E-state index is 11.9. The molecule has 0 bridgehead atoms. The average Bonchev–Trinajstić information content (AvgIpc) is 3.16. The van der Waals surface area contributed by atoms with E-state index in [-0.39, 0.29) is 11.9 Å². The number of nitrogens with one attached hydrogen (secondary N) is 2. The van der Waals surface area contributed by atoms with Crippen molar-refractivity contribution < 1.29 is 4.79 Å². The SMILES string of the molecule is CC(CC(=O)NCCc1nc2ccccc2[nH]1)n1cccn1. The highest BCUT2D eigenvalue weighted by Gasteiger charge is 2.10. The second kappa shape index (κ2) is 6.43. The standard InChI is InChI=1S/C16H19N5O/c1-12(21-10-4-8-18-21)11-16(22)17-9-7-15-19-13-5-2-3-6-14(13)20-15/h2-6,8,10,12H,7,9,11H2,1H3,(H,17,22)(H,19,20). The lowest BCUT2D eigenvalue weighted by molar-refractivity contribution is -0.121. The van der Waals surface area contributed by atoms with E-state index in [4.69, 9.17) is 0 Å². The van der Waals surface area contributed by atoms with Crippen LogP contribution in [0.5, 0.6) is 0 Å². The lowest BCUT2D eigenvalue weighted by Gasteiger charge is -2.11. The molecule has 0 saturated carbocycles. The molecule has 2 heterocycles. The van der Waals surface area contributed by atoms with E-state index in [9.17, 15) is 4.79 Å². The minimum atomic E-state index is 0.0270. The second-order valence-electron chi connectivity index (χ2n) is 5.34. The van der Waals surface area contributed by atoms with Crippen molar-refractivity contribution in [2.24, 2.45) is 0 Å². The van der Waals surface area contributed by atoms with Crippen LogP contribution in [0.2, 0.25) is 0 Å². The van der Waals surface area contributed by atoms with Gasteiger partial charge in [0.15, 0.2) is 0 Å². The van der Waals surface area contributed by atoms with Crippen LogP contribution >= 0.6 is 0 Å². The Bertz CT molecular complexity index is 714. The number of amides is 1. The van der Waals surface area contributed by atoms with Crippen molar-refractivity contribution in [3.63, 3.8) is 0 Å². The zero-order chi connectivity index (χ0) is 15.4. The molecular formula is C16H19N5O. The number of para-hydroxylation sites is 2. The molecule has 0 radical (unpaired) electrons. The number of rotatable bonds is 6. The van der Waals surface area contributed by atoms with Crippen molar-refractivity contribution in [2.45, 2.75) is 25.8 Å². The minimum Gasteiger partial charge on any atom is -0.356 e. The Kier molecular flexibility index (Phi) is 4.18. The summed E-state index contributed by atoms with van der Waals surface area (Å²) in [5.74, 6) is 0.917. The number of aromatic amines is 1. The van der Waals surface area contributed by atoms with E-state index in [1.165, 1.54) is 0 Å². The van der Waals surface area contributed by atoms with Crippen molar-refractivity contribution in [3.05, 3.63) is 48.5 Å². The van der Waals surface area contributed by atoms with Gasteiger partial charge < -0.3 is 10.3 Å². The summed E-state index contributed by atoms with van der Waals surface area (Å²) in [6.07, 6.45) is 4.70. The molecule has 6 heteroatoms. The van der Waals surface area contributed by atoms with E-state index in [0.717, 1.165) is 16.9 Å². The van der Waals surface area contributed by atoms with Crippen LogP contribution in [0.15, 0.2) is 42.7 Å². The van der Waals surface area contributed by atoms with Crippen LogP contribution in [0.3, 0.4) is 0 Å². The number of H-pyrrole nitrogens is 1. The zero-order valence-electron chi connectivity index (χ0n) is 12.5. The quantitative estimate of drug-likeness (QED) is 0.731. The fourth-order valence-corrected chi connectivity index (χ4v) is 2.42. The predicted molar refractivity (Wildman–Crippen MR) is 84.4 cm³/mol. The lowest BCUT2D eigenvalue weighted by Crippen LogP contribution is -2.28. The van der Waals surface area contributed by atoms with Crippen LogP contribution in [0, 0.1) is 0 Å². The number of aromatic nitrogens is 4. The van der Waals surface area contributed by atoms with Crippen LogP contribution in [-0.2, 0) is 11.2 Å². The topological polar surface area (TPSA) is 75.6 Å². The number of benzene rings is 1. The van der Waals surface area contributed by atoms with Gasteiger partial charge in [-0.2, -0.15) is 5.10 Å². The van der Waals surface area contributed by atoms with Gasteiger partial charge in [-0.05, 0) is 25.1 Å². The van der Waals surface area contributed by atoms with Crippen molar-refractivity contribution in [3.8, 4) is 0 Å². The Morgan fingerprint density at radius 2 is 2.23 bits per heavy atom. The molecule has 2 N–H and O–H groups in total. The number of hydrogen-bond donors (Lipinski definition) is 2. The smallest absolute Gasteiger partial charge is 0.222 e. The number of fused-ring (bicyclic) bond motifs is 1. The summed E-state index contributed by atoms with van der Waals surface area (Å²) in [4.78, 5) is 19.7. The number of imidazole rings is 1. The van der Waals surface area contributed by atoms with Gasteiger partial charge >= 0.3 is 0 Å². The molecule has 1 atom stereocenters. The molecule has 0 fully saturated rings. The van der Waals surface area contributed by atoms with Crippen LogP contribution in [0.25, 0.3) is 11.0 Å². The van der Waals surface area contributed by atoms with Gasteiger partial charge in [-0.3, -0.25) is 9.48 Å². The predicted octanol–water partition coefficient (Wildman–Crippen LogP) is 2.07. The third-order valence-corrected chi connectivity index (χ3v) is 3.58. The second-order valence-corrected chi connectivity index (χ2v) is 5.34. The maximum Gasteiger partial charge on any atom is 0.222 e. The Morgan fingerprint density at radius 1 is 1.36 bits per heavy atom. The third-order valence-electron chi connectivity index (χ3n) is 3.58. The molecule has 3 rings (SSSR count). The normalized spacial score (nSPS) is 12.4. The molecule has 0 saturated heterocycles. The molecule has 1 aromatic carbocycles. The largest absolute Gasteiger partial charge is 0.356 e. The molecule has 0 aliphatic rings. The summed E-state index contributed by atoms with van der Waals surface area (Å²) in [5, 5.41) is 7.07. The van der Waals surface area contributed by atoms with Crippen molar-refractivity contribution >= 4 is 16.9 Å². The van der Waals surface area contributed by atoms with E-state index in [2.05, 4.69) is 20.4 Å². The van der Waals surface area contributed by atoms with Crippen LogP contribution in [-0.4, -0.2) is 32.2 Å². The fourth-order valence-electron chi connectivity index (χ4n) is 2.42. The van der Waals surface area contributed by atoms with Crippen LogP contribution in [0.4, 0.5) is 0 Å². The Morgan fingerprint density at radius 3 is 3.00 bits per heavy atom. The fraction of sp³-hybridized carbons (Fsp3) is 0.312. The molecule has 114 valence electrons. The van der Waals surface area contributed by atoms with E-state index in [0.29, 0.717) is 19.4 Å². The Balaban J connectivity index is 1.47. The van der Waals surface area contributed by atoms with Crippen molar-refractivity contribution in [2.75, 3.05) is 6.54 Å². The van der Waals surface area contributed by atoms with Gasteiger partial charge in [-0.1, -0.05) is 12.1 Å². The van der Waals surface area contributed by atoms with Gasteiger partial charge in [-0.25, -0.2) is 4.98 Å². The zero-order valence-corrected chi connectivity index (χ0v) is 12.5. The van der Waals surface area contributed by atoms with Crippen LogP contribution in [0.1, 0.15) is 25.2 Å². The Hall–Kier alpha value is -2.63. The van der Waals surface area contributed by atoms with Crippen LogP contribution < -0.4 is 5.32 Å². The number of carbonyl (C=O) groups excluding carboxylic acids is 1. The summed E-state index contributed by atoms with van der Waals surface area (Å²) in [5.41, 5.74) is 1.98. The first-order valence-electron chi connectivity index (χ1n) is 7.42. The molecule has 1 unspecified atom stereocenters. The maximum atomic E-state index is 11.9. The highest BCUT2D eigenvalue weighted by molar-refractivity contribution is 5.76. The average molecular weight is 297 g/mol. The highest BCUT2D eigenvalue weighted by atomic mass is 16.1. The van der Waals surface area contributed by atoms with E-state index in [1.807, 2.05) is 43.5 Å². The minimum absolute atomic E-state index is 0.0270. The summed E-state index contributed by atoms with van der Waals surface area (Å²) < 4.78 is 1.79. The molecule has 6 nitrogen and oxygen atoms in total. The molecule has 0 aliphatic heterocycles. The summed E-state index contributed by atoms with van der Waals surface area (Å²) in [6, 6.07) is 9.82. The molecule has 22 heavy (non-hydrogen) atoms. The van der Waals surface area contributed by atoms with Crippen molar-refractivity contribution in [1.29, 1.82) is 0 Å². The molecular weight excluding hydrogens is 278 g/mol. The van der Waals surface area contributed by atoms with Crippen molar-refractivity contribution in [1.82, 2.24) is 25.1 Å². The lowest BCUT2D eigenvalue weighted by atomic mass is 10.2. The summed E-state index contributed by atoms with van der Waals surface area (Å²) in [6.45, 7) is 2.55. The first kappa shape index (κ1) is 14.3. The third kappa shape index (κ3) is 3.33. The van der Waals surface area contributed by atoms with E-state index >= 15 is 0 Å². The van der Waals surface area contributed by atoms with E-state index in [1.54, 1.807) is 10.9 Å². The summed E-state index contributed by atoms with van der Waals surface area (Å²) in [7, 11) is 0. The van der Waals surface area contributed by atoms with Gasteiger partial charge in [0.1, 0.15) is 5.82 Å². The molecule has 3 aromatic rings. The Labute approximate surface area is 128 Å². The number of hydrogen-bond acceptors (Lipinski definition) is 3. The highest BCUT2D eigenvalue weighted by Crippen LogP contribution is 2.10. The number of nitrogens with zero attached hydrogens (tertiary/aromatic N) is 3. The molecule has 2 aromatic heterocycles. The van der Waals surface area contributed by atoms with Gasteiger partial charge in [0, 0.05) is 31.8 Å². The van der Waals surface area contributed by atoms with Gasteiger partial charge in [0.2, 0.25) is 5.91 Å². The van der Waals surface area contributed by atoms with Gasteiger partial charge in [0.25, 0.3) is 0 Å². The molecule has 0 aliphatic carbocycles. The van der Waals surface area contributed by atoms with Gasteiger partial charge in [-0.15, -0.1) is 0 Å². The molecule has 1 amide bonds. The first-order chi connectivity index (χ1) is 10.7. The summed E-state index contributed by atoms with van der Waals surface area (Å²) >= 11 is 0. The van der Waals surface area contributed by atoms with E-state index < -0.39 is 0 Å².